The molecule has 1 aromatic heterocycles. The van der Waals surface area contributed by atoms with E-state index in [-0.39, 0.29) is 17.8 Å². The fourth-order valence-corrected chi connectivity index (χ4v) is 4.98. The number of rotatable bonds is 5. The number of aromatic nitrogens is 2. The second-order valence-electron chi connectivity index (χ2n) is 8.53. The van der Waals surface area contributed by atoms with Crippen LogP contribution in [0.1, 0.15) is 58.8 Å². The molecule has 0 spiro atoms. The molecule has 2 aromatic carbocycles. The van der Waals surface area contributed by atoms with Gasteiger partial charge in [0.2, 0.25) is 0 Å². The second kappa shape index (κ2) is 7.93. The Kier molecular flexibility index (Phi) is 5.10. The van der Waals surface area contributed by atoms with E-state index in [0.29, 0.717) is 29.8 Å². The maximum Gasteiger partial charge on any atom is 0.254 e. The lowest BCUT2D eigenvalue weighted by molar-refractivity contribution is 0.0479. The van der Waals surface area contributed by atoms with Crippen LogP contribution < -0.4 is 0 Å². The number of hydrogen-bond acceptors (Lipinski definition) is 3. The van der Waals surface area contributed by atoms with E-state index < -0.39 is 6.10 Å². The summed E-state index contributed by atoms with van der Waals surface area (Å²) in [6, 6.07) is 10.9. The van der Waals surface area contributed by atoms with Crippen molar-refractivity contribution in [3.05, 3.63) is 82.4 Å². The van der Waals surface area contributed by atoms with E-state index in [9.17, 15) is 14.3 Å². The maximum absolute atomic E-state index is 14.9. The number of fused-ring (bicyclic) bond motifs is 1. The molecule has 1 amide bonds. The van der Waals surface area contributed by atoms with Crippen LogP contribution >= 0.6 is 0 Å². The molecule has 3 aromatic rings. The number of nitrogens with zero attached hydrogens (tertiary/aromatic N) is 3. The van der Waals surface area contributed by atoms with Crippen LogP contribution in [0.3, 0.4) is 0 Å². The van der Waals surface area contributed by atoms with Crippen molar-refractivity contribution in [2.75, 3.05) is 0 Å². The predicted molar refractivity (Wildman–Crippen MR) is 116 cm³/mol. The maximum atomic E-state index is 14.9. The first kappa shape index (κ1) is 19.9. The van der Waals surface area contributed by atoms with Crippen LogP contribution in [0.4, 0.5) is 4.39 Å². The molecule has 2 atom stereocenters. The Morgan fingerprint density at radius 3 is 2.71 bits per heavy atom. The van der Waals surface area contributed by atoms with Crippen molar-refractivity contribution in [1.29, 1.82) is 0 Å². The van der Waals surface area contributed by atoms with E-state index in [1.807, 2.05) is 17.0 Å². The summed E-state index contributed by atoms with van der Waals surface area (Å²) in [6.07, 6.45) is 6.80. The van der Waals surface area contributed by atoms with Crippen LogP contribution in [0.2, 0.25) is 0 Å². The van der Waals surface area contributed by atoms with Crippen molar-refractivity contribution >= 4 is 5.91 Å². The highest BCUT2D eigenvalue weighted by Crippen LogP contribution is 2.34. The summed E-state index contributed by atoms with van der Waals surface area (Å²) in [5.41, 5.74) is 5.10. The van der Waals surface area contributed by atoms with E-state index in [1.165, 1.54) is 6.07 Å². The molecule has 0 bridgehead atoms. The van der Waals surface area contributed by atoms with Gasteiger partial charge in [-0.05, 0) is 72.2 Å². The first-order valence-electron chi connectivity index (χ1n) is 11.0. The first-order chi connectivity index (χ1) is 15.0. The Hall–Kier alpha value is -2.99. The van der Waals surface area contributed by atoms with Crippen LogP contribution in [0.25, 0.3) is 5.69 Å². The minimum atomic E-state index is -0.439. The molecule has 5 nitrogen and oxygen atoms in total. The Labute approximate surface area is 181 Å². The van der Waals surface area contributed by atoms with Crippen molar-refractivity contribution in [1.82, 2.24) is 14.7 Å². The average molecular weight is 420 g/mol. The van der Waals surface area contributed by atoms with Crippen LogP contribution in [0.5, 0.6) is 0 Å². The normalized spacial score (nSPS) is 20.5. The van der Waals surface area contributed by atoms with Gasteiger partial charge < -0.3 is 10.0 Å². The molecule has 1 aliphatic heterocycles. The molecule has 31 heavy (non-hydrogen) atoms. The van der Waals surface area contributed by atoms with Gasteiger partial charge in [-0.15, -0.1) is 0 Å². The number of aryl methyl sites for hydroxylation is 1. The topological polar surface area (TPSA) is 58.4 Å². The Morgan fingerprint density at radius 2 is 2.03 bits per heavy atom. The van der Waals surface area contributed by atoms with Crippen LogP contribution in [-0.4, -0.2) is 37.8 Å². The lowest BCUT2D eigenvalue weighted by Crippen LogP contribution is -2.40. The van der Waals surface area contributed by atoms with Crippen molar-refractivity contribution in [2.45, 2.75) is 57.7 Å². The first-order valence-corrected chi connectivity index (χ1v) is 11.0. The SMILES string of the molecule is CCc1cc2c(cc1Cc1ccc(-n3cccn3)cc1F)C(=O)N([C@H]1CCC[C@@H]1O)C2. The fourth-order valence-electron chi connectivity index (χ4n) is 4.98. The lowest BCUT2D eigenvalue weighted by atomic mass is 9.93. The summed E-state index contributed by atoms with van der Waals surface area (Å²) in [6.45, 7) is 2.63. The monoisotopic (exact) mass is 419 g/mol. The summed E-state index contributed by atoms with van der Waals surface area (Å²) in [7, 11) is 0. The van der Waals surface area contributed by atoms with Crippen molar-refractivity contribution in [3.8, 4) is 5.69 Å². The third-order valence-corrected chi connectivity index (χ3v) is 6.67. The molecule has 5 rings (SSSR count). The van der Waals surface area contributed by atoms with E-state index in [1.54, 1.807) is 29.2 Å². The van der Waals surface area contributed by atoms with Crippen LogP contribution in [0.15, 0.2) is 48.8 Å². The minimum absolute atomic E-state index is 0.0145. The minimum Gasteiger partial charge on any atom is -0.391 e. The molecule has 0 unspecified atom stereocenters. The summed E-state index contributed by atoms with van der Waals surface area (Å²) in [5.74, 6) is -0.295. The Bertz CT molecular complexity index is 1130. The molecule has 0 saturated heterocycles. The highest BCUT2D eigenvalue weighted by molar-refractivity contribution is 5.99. The average Bonchev–Trinajstić information content (AvgIpc) is 3.50. The molecule has 6 heteroatoms. The molecule has 2 heterocycles. The number of aliphatic hydroxyl groups excluding tert-OH is 1. The summed E-state index contributed by atoms with van der Waals surface area (Å²) < 4.78 is 16.5. The molecule has 0 radical (unpaired) electrons. The fraction of sp³-hybridized carbons (Fsp3) is 0.360. The third-order valence-electron chi connectivity index (χ3n) is 6.67. The van der Waals surface area contributed by atoms with Gasteiger partial charge in [0.15, 0.2) is 0 Å². The molecular formula is C25H26FN3O2. The number of carbonyl (C=O) groups is 1. The molecule has 1 fully saturated rings. The van der Waals surface area contributed by atoms with Gasteiger partial charge in [0.05, 0.1) is 17.8 Å². The standard InChI is InChI=1S/C25H26FN3O2/c1-2-16-11-19-15-28(23-5-3-6-24(23)30)25(31)21(19)13-18(16)12-17-7-8-20(14-22(17)26)29-10-4-9-27-29/h4,7-11,13-14,23-24,30H,2-3,5-6,12,15H2,1H3/t23-,24-/m0/s1. The molecule has 1 aliphatic carbocycles. The number of amides is 1. The smallest absolute Gasteiger partial charge is 0.254 e. The number of halogens is 1. The van der Waals surface area contributed by atoms with Gasteiger partial charge in [-0.2, -0.15) is 5.10 Å². The highest BCUT2D eigenvalue weighted by atomic mass is 19.1. The predicted octanol–water partition coefficient (Wildman–Crippen LogP) is 4.03. The zero-order valence-electron chi connectivity index (χ0n) is 17.6. The van der Waals surface area contributed by atoms with Crippen LogP contribution in [-0.2, 0) is 19.4 Å². The molecule has 1 saturated carbocycles. The summed E-state index contributed by atoms with van der Waals surface area (Å²) >= 11 is 0. The molecule has 1 N–H and O–H groups in total. The number of aliphatic hydroxyl groups is 1. The number of hydrogen-bond donors (Lipinski definition) is 1. The van der Waals surface area contributed by atoms with Gasteiger partial charge in [-0.25, -0.2) is 9.07 Å². The molecular weight excluding hydrogens is 393 g/mol. The Morgan fingerprint density at radius 1 is 1.16 bits per heavy atom. The van der Waals surface area contributed by atoms with Gasteiger partial charge in [0.25, 0.3) is 5.91 Å². The van der Waals surface area contributed by atoms with Gasteiger partial charge in [0.1, 0.15) is 5.82 Å². The third kappa shape index (κ3) is 3.55. The zero-order chi connectivity index (χ0) is 21.5. The lowest BCUT2D eigenvalue weighted by Gasteiger charge is -2.26. The van der Waals surface area contributed by atoms with E-state index in [0.717, 1.165) is 42.4 Å². The van der Waals surface area contributed by atoms with Gasteiger partial charge >= 0.3 is 0 Å². The van der Waals surface area contributed by atoms with Gasteiger partial charge in [-0.1, -0.05) is 19.1 Å². The van der Waals surface area contributed by atoms with Crippen molar-refractivity contribution < 1.29 is 14.3 Å². The van der Waals surface area contributed by atoms with Crippen LogP contribution in [0, 0.1) is 5.82 Å². The van der Waals surface area contributed by atoms with E-state index in [4.69, 9.17) is 0 Å². The zero-order valence-corrected chi connectivity index (χ0v) is 17.6. The number of benzene rings is 2. The number of carbonyl (C=O) groups excluding carboxylic acids is 1. The largest absolute Gasteiger partial charge is 0.391 e. The summed E-state index contributed by atoms with van der Waals surface area (Å²) in [4.78, 5) is 14.9. The van der Waals surface area contributed by atoms with Gasteiger partial charge in [0, 0.05) is 30.9 Å². The Balaban J connectivity index is 1.44. The molecule has 2 aliphatic rings. The quantitative estimate of drug-likeness (QED) is 0.679. The van der Waals surface area contributed by atoms with Gasteiger partial charge in [-0.3, -0.25) is 4.79 Å². The summed E-state index contributed by atoms with van der Waals surface area (Å²) in [5, 5.41) is 14.4. The van der Waals surface area contributed by atoms with E-state index >= 15 is 0 Å². The second-order valence-corrected chi connectivity index (χ2v) is 8.53. The van der Waals surface area contributed by atoms with Crippen molar-refractivity contribution in [3.63, 3.8) is 0 Å². The van der Waals surface area contributed by atoms with Crippen molar-refractivity contribution in [2.24, 2.45) is 0 Å². The highest BCUT2D eigenvalue weighted by Gasteiger charge is 2.38. The molecule has 160 valence electrons. The van der Waals surface area contributed by atoms with E-state index in [2.05, 4.69) is 18.1 Å².